The van der Waals surface area contributed by atoms with E-state index in [1.165, 1.54) is 0 Å². The van der Waals surface area contributed by atoms with Crippen LogP contribution < -0.4 is 0 Å². The molecule has 1 saturated heterocycles. The molecule has 21 heavy (non-hydrogen) atoms. The molecule has 0 radical (unpaired) electrons. The molecule has 1 amide bonds. The second-order valence-corrected chi connectivity index (χ2v) is 5.81. The summed E-state index contributed by atoms with van der Waals surface area (Å²) >= 11 is 0. The van der Waals surface area contributed by atoms with Gasteiger partial charge in [-0.05, 0) is 18.8 Å². The largest absolute Gasteiger partial charge is 0.351 e. The topological polar surface area (TPSA) is 75.0 Å². The lowest BCUT2D eigenvalue weighted by Gasteiger charge is -2.30. The van der Waals surface area contributed by atoms with Crippen molar-refractivity contribution < 1.29 is 9.32 Å². The molecule has 0 aliphatic carbocycles. The number of H-pyrrole nitrogens is 1. The number of amides is 1. The van der Waals surface area contributed by atoms with Gasteiger partial charge in [0.1, 0.15) is 5.82 Å². The van der Waals surface area contributed by atoms with Crippen LogP contribution in [0.5, 0.6) is 0 Å². The number of nitrogens with one attached hydrogen (secondary N) is 1. The van der Waals surface area contributed by atoms with Crippen molar-refractivity contribution >= 4 is 5.91 Å². The third-order valence-corrected chi connectivity index (χ3v) is 4.02. The Kier molecular flexibility index (Phi) is 3.77. The molecule has 1 fully saturated rings. The zero-order valence-corrected chi connectivity index (χ0v) is 12.4. The van der Waals surface area contributed by atoms with Crippen molar-refractivity contribution in [1.82, 2.24) is 20.0 Å². The highest BCUT2D eigenvalue weighted by Gasteiger charge is 2.27. The van der Waals surface area contributed by atoms with Gasteiger partial charge >= 0.3 is 0 Å². The monoisotopic (exact) mass is 288 g/mol. The van der Waals surface area contributed by atoms with E-state index in [0.717, 1.165) is 37.4 Å². The van der Waals surface area contributed by atoms with Gasteiger partial charge in [0.05, 0.1) is 5.69 Å². The van der Waals surface area contributed by atoms with Crippen LogP contribution in [0.4, 0.5) is 0 Å². The van der Waals surface area contributed by atoms with E-state index in [1.54, 1.807) is 12.3 Å². The Labute approximate surface area is 123 Å². The lowest BCUT2D eigenvalue weighted by molar-refractivity contribution is 0.0669. The molecular formula is C15H20N4O2. The highest BCUT2D eigenvalue weighted by Crippen LogP contribution is 2.26. The van der Waals surface area contributed by atoms with E-state index in [-0.39, 0.29) is 11.8 Å². The van der Waals surface area contributed by atoms with E-state index in [0.29, 0.717) is 11.7 Å². The van der Waals surface area contributed by atoms with E-state index >= 15 is 0 Å². The summed E-state index contributed by atoms with van der Waals surface area (Å²) in [5.41, 5.74) is 0.823. The average Bonchev–Trinajstić information content (AvgIpc) is 3.18. The number of aromatic amines is 1. The van der Waals surface area contributed by atoms with E-state index in [1.807, 2.05) is 24.9 Å². The van der Waals surface area contributed by atoms with Gasteiger partial charge in [0, 0.05) is 37.5 Å². The summed E-state index contributed by atoms with van der Waals surface area (Å²) in [5.74, 6) is 1.97. The molecule has 0 bridgehead atoms. The average molecular weight is 288 g/mol. The maximum Gasteiger partial charge on any atom is 0.292 e. The Morgan fingerprint density at radius 1 is 1.43 bits per heavy atom. The Morgan fingerprint density at radius 3 is 2.76 bits per heavy atom. The van der Waals surface area contributed by atoms with Crippen LogP contribution in [0.15, 0.2) is 23.0 Å². The van der Waals surface area contributed by atoms with Gasteiger partial charge in [-0.1, -0.05) is 19.0 Å². The fraction of sp³-hybridized carbons (Fsp3) is 0.533. The standard InChI is InChI=1S/C15H20N4O2/c1-10(2)12-9-13(21-18-12)15(20)19-7-3-11(4-8-19)14-16-5-6-17-14/h5-6,9-11H,3-4,7-8H2,1-2H3,(H,16,17). The Balaban J connectivity index is 1.62. The van der Waals surface area contributed by atoms with Crippen LogP contribution >= 0.6 is 0 Å². The molecule has 0 unspecified atom stereocenters. The van der Waals surface area contributed by atoms with Crippen LogP contribution in [0.1, 0.15) is 60.6 Å². The Morgan fingerprint density at radius 2 is 2.19 bits per heavy atom. The number of carbonyl (C=O) groups excluding carboxylic acids is 1. The summed E-state index contributed by atoms with van der Waals surface area (Å²) in [7, 11) is 0. The van der Waals surface area contributed by atoms with Gasteiger partial charge in [0.2, 0.25) is 5.76 Å². The number of piperidine rings is 1. The van der Waals surface area contributed by atoms with Gasteiger partial charge in [-0.3, -0.25) is 4.79 Å². The van der Waals surface area contributed by atoms with Gasteiger partial charge in [-0.25, -0.2) is 4.98 Å². The number of carbonyl (C=O) groups is 1. The highest BCUT2D eigenvalue weighted by molar-refractivity contribution is 5.91. The second kappa shape index (κ2) is 5.71. The minimum atomic E-state index is -0.0627. The SMILES string of the molecule is CC(C)c1cc(C(=O)N2CCC(c3ncc[nH]3)CC2)on1. The fourth-order valence-corrected chi connectivity index (χ4v) is 2.67. The predicted octanol–water partition coefficient (Wildman–Crippen LogP) is 2.54. The molecule has 2 aromatic rings. The van der Waals surface area contributed by atoms with E-state index in [2.05, 4.69) is 15.1 Å². The molecule has 0 aromatic carbocycles. The summed E-state index contributed by atoms with van der Waals surface area (Å²) in [5, 5.41) is 3.95. The molecule has 0 saturated carbocycles. The lowest BCUT2D eigenvalue weighted by Crippen LogP contribution is -2.38. The Bertz CT molecular complexity index is 595. The molecule has 1 aliphatic heterocycles. The molecule has 112 valence electrons. The molecule has 6 heteroatoms. The van der Waals surface area contributed by atoms with Crippen molar-refractivity contribution in [2.45, 2.75) is 38.5 Å². The smallest absolute Gasteiger partial charge is 0.292 e. The minimum Gasteiger partial charge on any atom is -0.351 e. The summed E-state index contributed by atoms with van der Waals surface area (Å²) in [6.45, 7) is 5.51. The zero-order valence-electron chi connectivity index (χ0n) is 12.4. The van der Waals surface area contributed by atoms with Crippen molar-refractivity contribution in [1.29, 1.82) is 0 Å². The molecule has 0 spiro atoms. The first kappa shape index (κ1) is 13.9. The van der Waals surface area contributed by atoms with Crippen molar-refractivity contribution in [3.8, 4) is 0 Å². The third kappa shape index (κ3) is 2.84. The number of nitrogens with zero attached hydrogens (tertiary/aromatic N) is 3. The highest BCUT2D eigenvalue weighted by atomic mass is 16.5. The maximum atomic E-state index is 12.4. The number of likely N-dealkylation sites (tertiary alicyclic amines) is 1. The van der Waals surface area contributed by atoms with Crippen molar-refractivity contribution in [3.63, 3.8) is 0 Å². The van der Waals surface area contributed by atoms with E-state index in [9.17, 15) is 4.79 Å². The molecule has 0 atom stereocenters. The summed E-state index contributed by atoms with van der Waals surface area (Å²) in [6, 6.07) is 1.76. The van der Waals surface area contributed by atoms with Gasteiger partial charge in [-0.15, -0.1) is 0 Å². The number of hydrogen-bond acceptors (Lipinski definition) is 4. The molecule has 3 rings (SSSR count). The van der Waals surface area contributed by atoms with Gasteiger partial charge in [-0.2, -0.15) is 0 Å². The van der Waals surface area contributed by atoms with Gasteiger partial charge < -0.3 is 14.4 Å². The van der Waals surface area contributed by atoms with Crippen molar-refractivity contribution in [3.05, 3.63) is 35.7 Å². The second-order valence-electron chi connectivity index (χ2n) is 5.81. The first-order chi connectivity index (χ1) is 10.1. The third-order valence-electron chi connectivity index (χ3n) is 4.02. The quantitative estimate of drug-likeness (QED) is 0.941. The molecule has 6 nitrogen and oxygen atoms in total. The summed E-state index contributed by atoms with van der Waals surface area (Å²) in [6.07, 6.45) is 5.46. The molecule has 1 N–H and O–H groups in total. The van der Waals surface area contributed by atoms with Crippen LogP contribution in [-0.2, 0) is 0 Å². The molecule has 3 heterocycles. The fourth-order valence-electron chi connectivity index (χ4n) is 2.67. The lowest BCUT2D eigenvalue weighted by atomic mass is 9.96. The summed E-state index contributed by atoms with van der Waals surface area (Å²) in [4.78, 5) is 21.7. The van der Waals surface area contributed by atoms with Crippen LogP contribution in [0, 0.1) is 0 Å². The summed E-state index contributed by atoms with van der Waals surface area (Å²) < 4.78 is 5.18. The maximum absolute atomic E-state index is 12.4. The number of aromatic nitrogens is 3. The van der Waals surface area contributed by atoms with Crippen molar-refractivity contribution in [2.75, 3.05) is 13.1 Å². The number of imidazole rings is 1. The molecular weight excluding hydrogens is 268 g/mol. The minimum absolute atomic E-state index is 0.0627. The van der Waals surface area contributed by atoms with Crippen LogP contribution in [0.25, 0.3) is 0 Å². The number of rotatable bonds is 3. The molecule has 1 aliphatic rings. The normalized spacial score (nSPS) is 16.6. The molecule has 2 aromatic heterocycles. The van der Waals surface area contributed by atoms with Gasteiger partial charge in [0.25, 0.3) is 5.91 Å². The van der Waals surface area contributed by atoms with Gasteiger partial charge in [0.15, 0.2) is 0 Å². The van der Waals surface area contributed by atoms with Crippen LogP contribution in [-0.4, -0.2) is 39.0 Å². The van der Waals surface area contributed by atoms with E-state index in [4.69, 9.17) is 4.52 Å². The predicted molar refractivity (Wildman–Crippen MR) is 77.1 cm³/mol. The number of hydrogen-bond donors (Lipinski definition) is 1. The van der Waals surface area contributed by atoms with Crippen LogP contribution in [0.3, 0.4) is 0 Å². The first-order valence-corrected chi connectivity index (χ1v) is 7.40. The zero-order chi connectivity index (χ0) is 14.8. The van der Waals surface area contributed by atoms with E-state index < -0.39 is 0 Å². The Hall–Kier alpha value is -2.11. The first-order valence-electron chi connectivity index (χ1n) is 7.40. The van der Waals surface area contributed by atoms with Crippen LogP contribution in [0.2, 0.25) is 0 Å². The van der Waals surface area contributed by atoms with Crippen molar-refractivity contribution in [2.24, 2.45) is 0 Å².